The molecular weight excluding hydrogens is 512 g/mol. The largest absolute Gasteiger partial charge is 0.462 e. The Morgan fingerprint density at radius 3 is 1.15 bits per heavy atom. The molecular formula is C36H70O5. The molecule has 0 aromatic carbocycles. The van der Waals surface area contributed by atoms with Crippen molar-refractivity contribution in [1.29, 1.82) is 0 Å². The van der Waals surface area contributed by atoms with Crippen molar-refractivity contribution in [2.24, 2.45) is 0 Å². The highest BCUT2D eigenvalue weighted by molar-refractivity contribution is 5.89. The second-order valence-corrected chi connectivity index (χ2v) is 12.4. The van der Waals surface area contributed by atoms with Gasteiger partial charge in [0, 0.05) is 5.57 Å². The molecule has 0 heterocycles. The quantitative estimate of drug-likeness (QED) is 0.0327. The molecule has 0 bridgehead atoms. The molecule has 5 heteroatoms. The van der Waals surface area contributed by atoms with Crippen LogP contribution in [0.4, 0.5) is 0 Å². The van der Waals surface area contributed by atoms with Gasteiger partial charge in [0.05, 0.1) is 13.0 Å². The van der Waals surface area contributed by atoms with Crippen LogP contribution in [-0.2, 0) is 9.53 Å². The Balaban J connectivity index is 5.15. The predicted molar refractivity (Wildman–Crippen MR) is 174 cm³/mol. The number of aliphatic hydroxyl groups is 3. The summed E-state index contributed by atoms with van der Waals surface area (Å²) in [4.78, 5) is 13.3. The Morgan fingerprint density at radius 1 is 0.488 bits per heavy atom. The molecule has 41 heavy (non-hydrogen) atoms. The van der Waals surface area contributed by atoms with Gasteiger partial charge in [0.25, 0.3) is 5.97 Å². The molecule has 0 aliphatic heterocycles. The van der Waals surface area contributed by atoms with Crippen molar-refractivity contribution in [3.05, 3.63) is 11.1 Å². The van der Waals surface area contributed by atoms with Gasteiger partial charge in [-0.05, 0) is 38.5 Å². The van der Waals surface area contributed by atoms with Crippen molar-refractivity contribution < 1.29 is 24.9 Å². The van der Waals surface area contributed by atoms with E-state index in [0.717, 1.165) is 50.5 Å². The summed E-state index contributed by atoms with van der Waals surface area (Å²) in [6, 6.07) is 0. The topological polar surface area (TPSA) is 87.0 Å². The summed E-state index contributed by atoms with van der Waals surface area (Å²) in [6.07, 6.45) is 32.3. The van der Waals surface area contributed by atoms with E-state index in [-0.39, 0.29) is 12.6 Å². The van der Waals surface area contributed by atoms with E-state index in [1.54, 1.807) is 0 Å². The predicted octanol–water partition coefficient (Wildman–Crippen LogP) is 10.4. The summed E-state index contributed by atoms with van der Waals surface area (Å²) in [6.45, 7) is 6.55. The normalized spacial score (nSPS) is 11.7. The van der Waals surface area contributed by atoms with Gasteiger partial charge >= 0.3 is 5.97 Å². The lowest BCUT2D eigenvalue weighted by molar-refractivity contribution is -0.317. The van der Waals surface area contributed by atoms with Crippen LogP contribution in [0.2, 0.25) is 0 Å². The molecule has 0 rings (SSSR count). The van der Waals surface area contributed by atoms with Gasteiger partial charge in [0.1, 0.15) is 0 Å². The summed E-state index contributed by atoms with van der Waals surface area (Å²) in [5.74, 6) is -3.13. The number of allylic oxidation sites excluding steroid dienone is 1. The van der Waals surface area contributed by atoms with Gasteiger partial charge < -0.3 is 20.1 Å². The van der Waals surface area contributed by atoms with Crippen molar-refractivity contribution in [2.75, 3.05) is 6.61 Å². The molecule has 244 valence electrons. The van der Waals surface area contributed by atoms with Crippen LogP contribution in [0, 0.1) is 0 Å². The molecule has 0 saturated heterocycles. The third kappa shape index (κ3) is 27.7. The highest BCUT2D eigenvalue weighted by Gasteiger charge is 2.21. The second-order valence-electron chi connectivity index (χ2n) is 12.4. The van der Waals surface area contributed by atoms with Crippen LogP contribution in [0.25, 0.3) is 0 Å². The highest BCUT2D eigenvalue weighted by atomic mass is 16.7. The number of carbonyl (C=O) groups excluding carboxylic acids is 1. The monoisotopic (exact) mass is 583 g/mol. The van der Waals surface area contributed by atoms with E-state index in [9.17, 15) is 20.1 Å². The molecule has 0 spiro atoms. The van der Waals surface area contributed by atoms with Gasteiger partial charge in [-0.25, -0.2) is 4.79 Å². The summed E-state index contributed by atoms with van der Waals surface area (Å²) in [5, 5.41) is 27.7. The number of ether oxygens (including phenoxy) is 1. The van der Waals surface area contributed by atoms with Gasteiger partial charge in [0.2, 0.25) is 0 Å². The Kier molecular flexibility index (Phi) is 28.5. The fraction of sp³-hybridized carbons (Fsp3) is 0.917. The van der Waals surface area contributed by atoms with Crippen molar-refractivity contribution in [1.82, 2.24) is 0 Å². The summed E-state index contributed by atoms with van der Waals surface area (Å²) < 4.78 is 5.47. The van der Waals surface area contributed by atoms with E-state index >= 15 is 0 Å². The molecule has 0 amide bonds. The number of carbonyl (C=O) groups is 1. The van der Waals surface area contributed by atoms with Gasteiger partial charge in [-0.1, -0.05) is 161 Å². The van der Waals surface area contributed by atoms with Crippen LogP contribution < -0.4 is 0 Å². The van der Waals surface area contributed by atoms with E-state index in [1.807, 2.05) is 0 Å². The number of hydrogen-bond donors (Lipinski definition) is 3. The Morgan fingerprint density at radius 2 is 0.805 bits per heavy atom. The lowest BCUT2D eigenvalue weighted by atomic mass is 9.92. The molecule has 0 fully saturated rings. The van der Waals surface area contributed by atoms with E-state index < -0.39 is 12.4 Å². The lowest BCUT2D eigenvalue weighted by Gasteiger charge is -2.18. The van der Waals surface area contributed by atoms with Crippen molar-refractivity contribution in [3.8, 4) is 0 Å². The minimum atomic E-state index is -2.81. The Hall–Kier alpha value is -0.910. The molecule has 3 N–H and O–H groups in total. The first-order chi connectivity index (χ1) is 19.9. The molecule has 0 radical (unpaired) electrons. The molecule has 0 aliphatic carbocycles. The molecule has 0 saturated carbocycles. The van der Waals surface area contributed by atoms with Gasteiger partial charge in [0.15, 0.2) is 0 Å². The lowest BCUT2D eigenvalue weighted by Crippen LogP contribution is -2.29. The number of rotatable bonds is 31. The zero-order valence-electron chi connectivity index (χ0n) is 27.7. The Labute approximate surface area is 254 Å². The minimum Gasteiger partial charge on any atom is -0.462 e. The molecule has 0 unspecified atom stereocenters. The average molecular weight is 583 g/mol. The van der Waals surface area contributed by atoms with Crippen molar-refractivity contribution in [3.63, 3.8) is 0 Å². The SMILES string of the molecule is CCCCCCCCCCC(CCCCCCCCCC)=C(CCCCCCCCCC)C(=O)OCCC(O)(O)O. The van der Waals surface area contributed by atoms with E-state index in [2.05, 4.69) is 20.8 Å². The third-order valence-corrected chi connectivity index (χ3v) is 8.29. The zero-order chi connectivity index (χ0) is 30.4. The number of esters is 1. The standard InChI is InChI=1S/C36H70O5/c1-4-7-10-13-16-19-22-25-28-33(29-26-23-20-17-14-11-8-5-2)34(35(37)41-32-31-36(38,39)40)30-27-24-21-18-15-12-9-6-3/h38-40H,4-32H2,1-3H3. The van der Waals surface area contributed by atoms with Gasteiger partial charge in [-0.2, -0.15) is 0 Å². The van der Waals surface area contributed by atoms with E-state index in [0.29, 0.717) is 0 Å². The first-order valence-corrected chi connectivity index (χ1v) is 17.9. The molecule has 0 aliphatic rings. The van der Waals surface area contributed by atoms with Crippen LogP contribution >= 0.6 is 0 Å². The molecule has 0 atom stereocenters. The van der Waals surface area contributed by atoms with Crippen LogP contribution in [0.5, 0.6) is 0 Å². The first kappa shape index (κ1) is 40.1. The molecule has 0 aromatic heterocycles. The zero-order valence-corrected chi connectivity index (χ0v) is 27.7. The van der Waals surface area contributed by atoms with Crippen molar-refractivity contribution >= 4 is 5.97 Å². The van der Waals surface area contributed by atoms with Gasteiger partial charge in [-0.15, -0.1) is 0 Å². The van der Waals surface area contributed by atoms with Crippen LogP contribution in [0.1, 0.15) is 201 Å². The van der Waals surface area contributed by atoms with Crippen LogP contribution in [0.3, 0.4) is 0 Å². The second kappa shape index (κ2) is 29.2. The van der Waals surface area contributed by atoms with Crippen LogP contribution in [-0.4, -0.2) is 33.9 Å². The van der Waals surface area contributed by atoms with E-state index in [4.69, 9.17) is 4.74 Å². The summed E-state index contributed by atoms with van der Waals surface area (Å²) in [5.41, 5.74) is 2.08. The maximum Gasteiger partial charge on any atom is 0.333 e. The fourth-order valence-corrected chi connectivity index (χ4v) is 5.60. The maximum atomic E-state index is 13.3. The third-order valence-electron chi connectivity index (χ3n) is 8.29. The maximum absolute atomic E-state index is 13.3. The summed E-state index contributed by atoms with van der Waals surface area (Å²) >= 11 is 0. The molecule has 0 aromatic rings. The average Bonchev–Trinajstić information content (AvgIpc) is 2.93. The number of hydrogen-bond acceptors (Lipinski definition) is 5. The van der Waals surface area contributed by atoms with E-state index in [1.165, 1.54) is 134 Å². The highest BCUT2D eigenvalue weighted by Crippen LogP contribution is 2.26. The van der Waals surface area contributed by atoms with Crippen LogP contribution in [0.15, 0.2) is 11.1 Å². The minimum absolute atomic E-state index is 0.202. The first-order valence-electron chi connectivity index (χ1n) is 17.9. The fourth-order valence-electron chi connectivity index (χ4n) is 5.60. The molecule has 5 nitrogen and oxygen atoms in total. The summed E-state index contributed by atoms with van der Waals surface area (Å²) in [7, 11) is 0. The van der Waals surface area contributed by atoms with Crippen molar-refractivity contribution in [2.45, 2.75) is 207 Å². The Bertz CT molecular complexity index is 586. The number of unbranched alkanes of at least 4 members (excludes halogenated alkanes) is 21. The van der Waals surface area contributed by atoms with Gasteiger partial charge in [-0.3, -0.25) is 0 Å². The smallest absolute Gasteiger partial charge is 0.333 e.